The summed E-state index contributed by atoms with van der Waals surface area (Å²) in [5.74, 6) is 0. The van der Waals surface area contributed by atoms with E-state index in [1.54, 1.807) is 4.90 Å². The van der Waals surface area contributed by atoms with Gasteiger partial charge in [-0.15, -0.1) is 6.58 Å². The average molecular weight is 450 g/mol. The van der Waals surface area contributed by atoms with E-state index in [1.807, 2.05) is 6.08 Å². The van der Waals surface area contributed by atoms with Gasteiger partial charge in [0.05, 0.1) is 71.8 Å². The van der Waals surface area contributed by atoms with Crippen LogP contribution in [0.3, 0.4) is 0 Å². The SMILES string of the molecule is C=CCCOCC(CC)(COCCOCOC=C)COCC(O)CN(CCO)CCO. The van der Waals surface area contributed by atoms with Gasteiger partial charge in [0.15, 0.2) is 6.79 Å². The van der Waals surface area contributed by atoms with Gasteiger partial charge in [0.2, 0.25) is 0 Å². The van der Waals surface area contributed by atoms with Crippen molar-refractivity contribution in [3.8, 4) is 0 Å². The van der Waals surface area contributed by atoms with E-state index in [2.05, 4.69) is 20.1 Å². The Labute approximate surface area is 187 Å². The van der Waals surface area contributed by atoms with Gasteiger partial charge in [0.1, 0.15) is 0 Å². The van der Waals surface area contributed by atoms with Crippen molar-refractivity contribution in [2.24, 2.45) is 5.41 Å². The summed E-state index contributed by atoms with van der Waals surface area (Å²) < 4.78 is 27.6. The summed E-state index contributed by atoms with van der Waals surface area (Å²) in [6.45, 7) is 13.2. The molecule has 0 aliphatic heterocycles. The van der Waals surface area contributed by atoms with E-state index in [-0.39, 0.29) is 32.0 Å². The second-order valence-corrected chi connectivity index (χ2v) is 7.31. The minimum absolute atomic E-state index is 0.0324. The fourth-order valence-electron chi connectivity index (χ4n) is 2.79. The van der Waals surface area contributed by atoms with Gasteiger partial charge in [-0.3, -0.25) is 4.90 Å². The van der Waals surface area contributed by atoms with Crippen molar-refractivity contribution in [2.75, 3.05) is 85.9 Å². The molecule has 3 N–H and O–H groups in total. The molecule has 0 aliphatic rings. The molecule has 9 nitrogen and oxygen atoms in total. The highest BCUT2D eigenvalue weighted by atomic mass is 16.7. The monoisotopic (exact) mass is 449 g/mol. The Kier molecular flexibility index (Phi) is 20.1. The topological polar surface area (TPSA) is 110 Å². The van der Waals surface area contributed by atoms with Gasteiger partial charge in [-0.05, 0) is 12.8 Å². The third kappa shape index (κ3) is 16.3. The van der Waals surface area contributed by atoms with E-state index in [1.165, 1.54) is 6.26 Å². The zero-order valence-corrected chi connectivity index (χ0v) is 19.1. The van der Waals surface area contributed by atoms with Crippen LogP contribution < -0.4 is 0 Å². The molecule has 0 bridgehead atoms. The van der Waals surface area contributed by atoms with Gasteiger partial charge in [0.25, 0.3) is 0 Å². The lowest BCUT2D eigenvalue weighted by Gasteiger charge is -2.33. The van der Waals surface area contributed by atoms with Crippen molar-refractivity contribution in [1.29, 1.82) is 0 Å². The predicted octanol–water partition coefficient (Wildman–Crippen LogP) is 0.790. The molecular formula is C22H43NO8. The first kappa shape index (κ1) is 30.0. The van der Waals surface area contributed by atoms with Crippen LogP contribution in [0.2, 0.25) is 0 Å². The van der Waals surface area contributed by atoms with E-state index in [9.17, 15) is 5.11 Å². The lowest BCUT2D eigenvalue weighted by atomic mass is 9.88. The van der Waals surface area contributed by atoms with E-state index in [4.69, 9.17) is 33.9 Å². The number of aliphatic hydroxyl groups is 3. The molecule has 0 rings (SSSR count). The summed E-state index contributed by atoms with van der Waals surface area (Å²) in [4.78, 5) is 1.79. The van der Waals surface area contributed by atoms with E-state index >= 15 is 0 Å². The Morgan fingerprint density at radius 2 is 1.55 bits per heavy atom. The minimum atomic E-state index is -0.728. The first-order chi connectivity index (χ1) is 15.1. The smallest absolute Gasteiger partial charge is 0.188 e. The van der Waals surface area contributed by atoms with Crippen LogP contribution in [0, 0.1) is 5.41 Å². The Morgan fingerprint density at radius 1 is 0.935 bits per heavy atom. The maximum atomic E-state index is 10.3. The number of rotatable bonds is 24. The zero-order valence-electron chi connectivity index (χ0n) is 19.1. The molecule has 0 amide bonds. The van der Waals surface area contributed by atoms with Crippen LogP contribution in [-0.2, 0) is 23.7 Å². The van der Waals surface area contributed by atoms with Gasteiger partial charge in [-0.25, -0.2) is 0 Å². The normalized spacial score (nSPS) is 14.4. The van der Waals surface area contributed by atoms with Crippen LogP contribution in [-0.4, -0.2) is 112 Å². The van der Waals surface area contributed by atoms with Crippen LogP contribution in [0.15, 0.2) is 25.5 Å². The average Bonchev–Trinajstić information content (AvgIpc) is 2.76. The predicted molar refractivity (Wildman–Crippen MR) is 119 cm³/mol. The molecular weight excluding hydrogens is 406 g/mol. The van der Waals surface area contributed by atoms with Crippen LogP contribution in [0.25, 0.3) is 0 Å². The highest BCUT2D eigenvalue weighted by molar-refractivity contribution is 4.79. The molecule has 0 aromatic heterocycles. The molecule has 0 saturated heterocycles. The summed E-state index contributed by atoms with van der Waals surface area (Å²) in [7, 11) is 0. The van der Waals surface area contributed by atoms with Crippen molar-refractivity contribution < 1.29 is 39.0 Å². The van der Waals surface area contributed by atoms with Crippen LogP contribution in [0.1, 0.15) is 19.8 Å². The Morgan fingerprint density at radius 3 is 2.13 bits per heavy atom. The minimum Gasteiger partial charge on any atom is -0.476 e. The fourth-order valence-corrected chi connectivity index (χ4v) is 2.79. The van der Waals surface area contributed by atoms with Crippen molar-refractivity contribution in [3.63, 3.8) is 0 Å². The largest absolute Gasteiger partial charge is 0.476 e. The summed E-state index contributed by atoms with van der Waals surface area (Å²) in [5, 5.41) is 28.4. The van der Waals surface area contributed by atoms with Crippen molar-refractivity contribution in [2.45, 2.75) is 25.9 Å². The van der Waals surface area contributed by atoms with Gasteiger partial charge in [-0.1, -0.05) is 19.6 Å². The van der Waals surface area contributed by atoms with Crippen molar-refractivity contribution >= 4 is 0 Å². The summed E-state index contributed by atoms with van der Waals surface area (Å²) >= 11 is 0. The first-order valence-electron chi connectivity index (χ1n) is 10.8. The van der Waals surface area contributed by atoms with Gasteiger partial charge in [0, 0.05) is 25.0 Å². The molecule has 0 fully saturated rings. The standard InChI is InChI=1S/C22H43NO8/c1-4-7-12-28-17-22(5-2,18-29-13-14-30-20-27-6-3)19-31-16-21(26)15-23(8-10-24)9-11-25/h4,6,21,24-26H,1,3,5,7-20H2,2H3. The highest BCUT2D eigenvalue weighted by Crippen LogP contribution is 2.24. The summed E-state index contributed by atoms with van der Waals surface area (Å²) in [5.41, 5.74) is -0.353. The molecule has 0 aromatic rings. The number of hydrogen-bond acceptors (Lipinski definition) is 9. The Hall–Kier alpha value is -1.04. The first-order valence-corrected chi connectivity index (χ1v) is 10.8. The van der Waals surface area contributed by atoms with Crippen LogP contribution in [0.4, 0.5) is 0 Å². The van der Waals surface area contributed by atoms with Crippen LogP contribution in [0.5, 0.6) is 0 Å². The molecule has 2 unspecified atom stereocenters. The maximum Gasteiger partial charge on any atom is 0.188 e. The molecule has 31 heavy (non-hydrogen) atoms. The van der Waals surface area contributed by atoms with E-state index < -0.39 is 6.10 Å². The second-order valence-electron chi connectivity index (χ2n) is 7.31. The van der Waals surface area contributed by atoms with E-state index in [0.717, 1.165) is 12.8 Å². The summed E-state index contributed by atoms with van der Waals surface area (Å²) in [6, 6.07) is 0. The van der Waals surface area contributed by atoms with Crippen molar-refractivity contribution in [3.05, 3.63) is 25.5 Å². The molecule has 0 saturated carbocycles. The number of hydrogen-bond donors (Lipinski definition) is 3. The molecule has 0 aliphatic carbocycles. The molecule has 0 aromatic carbocycles. The fraction of sp³-hybridized carbons (Fsp3) is 0.818. The quantitative estimate of drug-likeness (QED) is 0.0852. The Balaban J connectivity index is 4.54. The van der Waals surface area contributed by atoms with E-state index in [0.29, 0.717) is 59.3 Å². The highest BCUT2D eigenvalue weighted by Gasteiger charge is 2.30. The maximum absolute atomic E-state index is 10.3. The van der Waals surface area contributed by atoms with Crippen molar-refractivity contribution in [1.82, 2.24) is 4.90 Å². The third-order valence-electron chi connectivity index (χ3n) is 4.69. The number of ether oxygens (including phenoxy) is 5. The Bertz CT molecular complexity index is 420. The molecule has 2 atom stereocenters. The lowest BCUT2D eigenvalue weighted by Crippen LogP contribution is -2.41. The number of nitrogens with zero attached hydrogens (tertiary/aromatic N) is 1. The van der Waals surface area contributed by atoms with Crippen LogP contribution >= 0.6 is 0 Å². The molecule has 0 heterocycles. The zero-order chi connectivity index (χ0) is 23.2. The van der Waals surface area contributed by atoms with Gasteiger partial charge >= 0.3 is 0 Å². The van der Waals surface area contributed by atoms with Gasteiger partial charge in [-0.2, -0.15) is 0 Å². The summed E-state index contributed by atoms with van der Waals surface area (Å²) in [6.07, 6.45) is 3.95. The second kappa shape index (κ2) is 20.8. The van der Waals surface area contributed by atoms with Gasteiger partial charge < -0.3 is 39.0 Å². The lowest BCUT2D eigenvalue weighted by molar-refractivity contribution is -0.0962. The number of aliphatic hydroxyl groups excluding tert-OH is 3. The molecule has 0 radical (unpaired) electrons. The molecule has 9 heteroatoms. The molecule has 184 valence electrons. The molecule has 0 spiro atoms. The third-order valence-corrected chi connectivity index (χ3v) is 4.69.